The fraction of sp³-hybridized carbons (Fsp3) is 0.537. The summed E-state index contributed by atoms with van der Waals surface area (Å²) in [6.45, 7) is 3.92. The highest BCUT2D eigenvalue weighted by atomic mass is 31.2. The standard InChI is InChI=1S/C82H128NO8P/c1-6-8-10-12-14-16-18-20-22-24-26-28-30-32-34-35-36-37-38-39-40-41-42-43-44-45-46-47-49-51-53-55-57-59-61-63-65-67-69-71-73-75-82(85)91-80(79-90-92(86,87)89-77-76-83(3,4)5)78-88-81(84)74-72-70-68-66-64-62-60-58-56-54-52-50-48-33-31-29-27-25-23-21-19-17-15-13-11-9-7-2/h8-11,14-17,20-23,26-29,32-34,36-37,39-40,42-43,45-46,48-49,51-52,54,58,60,64,66,80H,6-7,12-13,18-19,24-25,30-31,35,38,41,44,47,50,53,55-57,59,61-63,65,67-79H2,1-5H3/b10-8-,11-9-,16-14-,17-15-,22-20-,23-21-,28-26-,29-27-,34-32-,37-36-,40-39-,43-42-,46-45-,48-33-,51-49-,54-52-,60-58-,66-64-. The fourth-order valence-corrected chi connectivity index (χ4v) is 9.37. The zero-order chi connectivity index (χ0) is 66.9. The van der Waals surface area contributed by atoms with E-state index in [1.165, 1.54) is 38.5 Å². The summed E-state index contributed by atoms with van der Waals surface area (Å²) in [5, 5.41) is 0. The van der Waals surface area contributed by atoms with Gasteiger partial charge in [-0.15, -0.1) is 0 Å². The molecule has 0 N–H and O–H groups in total. The highest BCUT2D eigenvalue weighted by molar-refractivity contribution is 7.45. The maximum atomic E-state index is 12.9. The molecule has 9 nitrogen and oxygen atoms in total. The molecule has 0 aromatic carbocycles. The molecule has 0 radical (unpaired) electrons. The minimum absolute atomic E-state index is 0.0512. The van der Waals surface area contributed by atoms with E-state index in [0.29, 0.717) is 23.9 Å². The third-order valence-electron chi connectivity index (χ3n) is 14.0. The van der Waals surface area contributed by atoms with E-state index in [9.17, 15) is 19.0 Å². The van der Waals surface area contributed by atoms with Crippen LogP contribution in [0.15, 0.2) is 219 Å². The molecule has 514 valence electrons. The summed E-state index contributed by atoms with van der Waals surface area (Å²) in [6, 6.07) is 0. The second-order valence-corrected chi connectivity index (χ2v) is 25.2. The third-order valence-corrected chi connectivity index (χ3v) is 15.0. The van der Waals surface area contributed by atoms with Crippen LogP contribution in [0.25, 0.3) is 0 Å². The lowest BCUT2D eigenvalue weighted by Crippen LogP contribution is -2.37. The van der Waals surface area contributed by atoms with Gasteiger partial charge < -0.3 is 27.9 Å². The Morgan fingerprint density at radius 2 is 0.587 bits per heavy atom. The van der Waals surface area contributed by atoms with Crippen LogP contribution in [0.3, 0.4) is 0 Å². The molecule has 0 heterocycles. The van der Waals surface area contributed by atoms with Crippen LogP contribution in [-0.4, -0.2) is 70.0 Å². The third kappa shape index (κ3) is 73.4. The fourth-order valence-electron chi connectivity index (χ4n) is 8.64. The maximum Gasteiger partial charge on any atom is 0.306 e. The molecule has 10 heteroatoms. The molecule has 0 aromatic rings. The summed E-state index contributed by atoms with van der Waals surface area (Å²) in [6.07, 6.45) is 112. The van der Waals surface area contributed by atoms with Gasteiger partial charge >= 0.3 is 11.9 Å². The predicted molar refractivity (Wildman–Crippen MR) is 396 cm³/mol. The molecule has 92 heavy (non-hydrogen) atoms. The van der Waals surface area contributed by atoms with Crippen molar-refractivity contribution in [3.8, 4) is 0 Å². The zero-order valence-corrected chi connectivity index (χ0v) is 59.3. The van der Waals surface area contributed by atoms with Crippen LogP contribution in [0.1, 0.15) is 232 Å². The van der Waals surface area contributed by atoms with E-state index in [2.05, 4.69) is 233 Å². The minimum atomic E-state index is -4.67. The van der Waals surface area contributed by atoms with Crippen LogP contribution in [-0.2, 0) is 32.7 Å². The van der Waals surface area contributed by atoms with Crippen molar-refractivity contribution >= 4 is 19.8 Å². The highest BCUT2D eigenvalue weighted by Gasteiger charge is 2.22. The smallest absolute Gasteiger partial charge is 0.306 e. The first-order valence-corrected chi connectivity index (χ1v) is 36.9. The number of unbranched alkanes of at least 4 members (excludes halogenated alkanes) is 12. The normalized spacial score (nSPS) is 14.5. The Bertz CT molecular complexity index is 2360. The molecule has 0 fully saturated rings. The van der Waals surface area contributed by atoms with Gasteiger partial charge in [0.25, 0.3) is 7.82 Å². The van der Waals surface area contributed by atoms with Gasteiger partial charge in [0.15, 0.2) is 6.10 Å². The number of carbonyl (C=O) groups excluding carboxylic acids is 2. The number of hydrogen-bond donors (Lipinski definition) is 0. The van der Waals surface area contributed by atoms with E-state index in [1.54, 1.807) is 0 Å². The first-order valence-electron chi connectivity index (χ1n) is 35.4. The van der Waals surface area contributed by atoms with Crippen molar-refractivity contribution in [1.29, 1.82) is 0 Å². The van der Waals surface area contributed by atoms with Gasteiger partial charge in [0, 0.05) is 12.8 Å². The van der Waals surface area contributed by atoms with Crippen LogP contribution in [0, 0.1) is 0 Å². The van der Waals surface area contributed by atoms with E-state index in [4.69, 9.17) is 18.5 Å². The first kappa shape index (κ1) is 86.3. The highest BCUT2D eigenvalue weighted by Crippen LogP contribution is 2.38. The molecule has 0 rings (SSSR count). The molecule has 0 spiro atoms. The van der Waals surface area contributed by atoms with Crippen LogP contribution in [0.4, 0.5) is 0 Å². The second-order valence-electron chi connectivity index (χ2n) is 23.8. The average Bonchev–Trinajstić information content (AvgIpc) is 2.23. The van der Waals surface area contributed by atoms with Crippen LogP contribution >= 0.6 is 7.82 Å². The summed E-state index contributed by atoms with van der Waals surface area (Å²) < 4.78 is 34.2. The Labute approximate surface area is 563 Å². The van der Waals surface area contributed by atoms with Gasteiger partial charge in [-0.2, -0.15) is 0 Å². The molecule has 0 aliphatic rings. The van der Waals surface area contributed by atoms with Gasteiger partial charge in [0.1, 0.15) is 19.8 Å². The number of rotatable bonds is 62. The average molecular weight is 1290 g/mol. The summed E-state index contributed by atoms with van der Waals surface area (Å²) in [7, 11) is 1.11. The summed E-state index contributed by atoms with van der Waals surface area (Å²) in [5.74, 6) is -0.907. The number of allylic oxidation sites excluding steroid dienone is 36. The lowest BCUT2D eigenvalue weighted by atomic mass is 10.0. The van der Waals surface area contributed by atoms with Crippen molar-refractivity contribution in [1.82, 2.24) is 0 Å². The number of esters is 2. The quantitative estimate of drug-likeness (QED) is 0.0195. The Morgan fingerprint density at radius 1 is 0.337 bits per heavy atom. The lowest BCUT2D eigenvalue weighted by Gasteiger charge is -2.28. The number of likely N-dealkylation sites (N-methyl/N-ethyl adjacent to an activating group) is 1. The SMILES string of the molecule is CC/C=C\C/C=C\C/C=C\C/C=C\C/C=C\C/C=C\C/C=C\C/C=C\C/C=C\C/C=C\CCCCCCCCCCCCC(=O)OC(COC(=O)CCCC/C=C\C/C=C\C/C=C\C/C=C\C/C=C\C/C=C\C/C=C\C/C=C\CC)COP(=O)([O-])OCC[N+](C)(C)C. The molecular formula is C82H128NO8P. The van der Waals surface area contributed by atoms with Crippen molar-refractivity contribution in [2.24, 2.45) is 0 Å². The molecule has 0 aromatic heterocycles. The molecule has 2 atom stereocenters. The molecule has 0 saturated carbocycles. The predicted octanol–water partition coefficient (Wildman–Crippen LogP) is 23.0. The number of hydrogen-bond acceptors (Lipinski definition) is 8. The van der Waals surface area contributed by atoms with Crippen LogP contribution in [0.2, 0.25) is 0 Å². The number of nitrogens with zero attached hydrogens (tertiary/aromatic N) is 1. The van der Waals surface area contributed by atoms with Gasteiger partial charge in [0.05, 0.1) is 27.7 Å². The van der Waals surface area contributed by atoms with Crippen LogP contribution < -0.4 is 4.89 Å². The van der Waals surface area contributed by atoms with E-state index < -0.39 is 32.5 Å². The van der Waals surface area contributed by atoms with Crippen molar-refractivity contribution in [2.45, 2.75) is 238 Å². The molecule has 0 aliphatic carbocycles. The number of ether oxygens (including phenoxy) is 2. The number of phosphoric acid groups is 1. The second kappa shape index (κ2) is 69.7. The molecule has 0 aliphatic heterocycles. The van der Waals surface area contributed by atoms with Crippen LogP contribution in [0.5, 0.6) is 0 Å². The summed E-state index contributed by atoms with van der Waals surface area (Å²) >= 11 is 0. The Kier molecular flexibility index (Phi) is 65.4. The molecular weight excluding hydrogens is 1160 g/mol. The van der Waals surface area contributed by atoms with E-state index in [0.717, 1.165) is 154 Å². The zero-order valence-electron chi connectivity index (χ0n) is 58.4. The maximum absolute atomic E-state index is 12.9. The Balaban J connectivity index is 4.20. The Morgan fingerprint density at radius 3 is 0.891 bits per heavy atom. The summed E-state index contributed by atoms with van der Waals surface area (Å²) in [4.78, 5) is 38.1. The topological polar surface area (TPSA) is 111 Å². The monoisotopic (exact) mass is 1290 g/mol. The minimum Gasteiger partial charge on any atom is -0.756 e. The van der Waals surface area contributed by atoms with Gasteiger partial charge in [-0.05, 0) is 154 Å². The van der Waals surface area contributed by atoms with E-state index in [1.807, 2.05) is 21.1 Å². The summed E-state index contributed by atoms with van der Waals surface area (Å²) in [5.41, 5.74) is 0. The largest absolute Gasteiger partial charge is 0.756 e. The van der Waals surface area contributed by atoms with Crippen molar-refractivity contribution in [3.63, 3.8) is 0 Å². The lowest BCUT2D eigenvalue weighted by molar-refractivity contribution is -0.870. The number of carbonyl (C=O) groups is 2. The van der Waals surface area contributed by atoms with E-state index >= 15 is 0 Å². The van der Waals surface area contributed by atoms with Gasteiger partial charge in [-0.1, -0.05) is 284 Å². The Hall–Kier alpha value is -5.67. The van der Waals surface area contributed by atoms with Gasteiger partial charge in [-0.25, -0.2) is 0 Å². The van der Waals surface area contributed by atoms with Crippen molar-refractivity contribution < 1.29 is 42.1 Å². The van der Waals surface area contributed by atoms with Gasteiger partial charge in [0.2, 0.25) is 0 Å². The van der Waals surface area contributed by atoms with E-state index in [-0.39, 0.29) is 26.1 Å². The number of phosphoric ester groups is 1. The van der Waals surface area contributed by atoms with Crippen molar-refractivity contribution in [2.75, 3.05) is 47.5 Å². The molecule has 2 unspecified atom stereocenters. The number of quaternary nitrogens is 1. The van der Waals surface area contributed by atoms with Crippen molar-refractivity contribution in [3.05, 3.63) is 219 Å². The van der Waals surface area contributed by atoms with Gasteiger partial charge in [-0.3, -0.25) is 14.2 Å². The molecule has 0 saturated heterocycles. The first-order chi connectivity index (χ1) is 45.0. The molecule has 0 bridgehead atoms. The molecule has 0 amide bonds.